The lowest BCUT2D eigenvalue weighted by Crippen LogP contribution is -2.38. The lowest BCUT2D eigenvalue weighted by atomic mass is 9.82. The molecule has 2 aliphatic rings. The summed E-state index contributed by atoms with van der Waals surface area (Å²) in [4.78, 5) is 14.5. The normalized spacial score (nSPS) is 29.8. The van der Waals surface area contributed by atoms with E-state index in [0.717, 1.165) is 32.4 Å². The van der Waals surface area contributed by atoms with Crippen LogP contribution in [0.25, 0.3) is 0 Å². The second-order valence-electron chi connectivity index (χ2n) is 5.35. The number of methoxy groups -OCH3 is 1. The number of esters is 1. The highest BCUT2D eigenvalue weighted by Gasteiger charge is 2.41. The minimum absolute atomic E-state index is 0.0717. The Morgan fingerprint density at radius 1 is 1.29 bits per heavy atom. The van der Waals surface area contributed by atoms with Crippen LogP contribution >= 0.6 is 0 Å². The maximum Gasteiger partial charge on any atom is 0.317 e. The summed E-state index contributed by atoms with van der Waals surface area (Å²) >= 11 is 0. The summed E-state index contributed by atoms with van der Waals surface area (Å²) in [6.07, 6.45) is 9.07. The first-order valence-electron chi connectivity index (χ1n) is 6.72. The second-order valence-corrected chi connectivity index (χ2v) is 5.35. The van der Waals surface area contributed by atoms with E-state index in [0.29, 0.717) is 0 Å². The van der Waals surface area contributed by atoms with Crippen LogP contribution in [0, 0.1) is 5.41 Å². The van der Waals surface area contributed by atoms with Crippen molar-refractivity contribution in [2.24, 2.45) is 5.41 Å². The number of nitrogens with zero attached hydrogens (tertiary/aromatic N) is 1. The molecule has 1 atom stereocenters. The van der Waals surface area contributed by atoms with Crippen LogP contribution in [0.4, 0.5) is 0 Å². The number of rotatable bonds is 2. The molecular formula is C14H23NO2. The molecule has 3 heteroatoms. The fourth-order valence-electron chi connectivity index (χ4n) is 3.08. The van der Waals surface area contributed by atoms with Crippen molar-refractivity contribution in [2.45, 2.75) is 45.4 Å². The monoisotopic (exact) mass is 237 g/mol. The molecule has 0 radical (unpaired) electrons. The summed E-state index contributed by atoms with van der Waals surface area (Å²) in [5.41, 5.74) is 0.801. The zero-order valence-electron chi connectivity index (χ0n) is 11.0. The van der Waals surface area contributed by atoms with Gasteiger partial charge in [0.05, 0.1) is 7.11 Å². The van der Waals surface area contributed by atoms with E-state index in [1.54, 1.807) is 0 Å². The molecule has 1 aliphatic heterocycles. The van der Waals surface area contributed by atoms with Gasteiger partial charge in [0.15, 0.2) is 0 Å². The van der Waals surface area contributed by atoms with Crippen LogP contribution in [0.5, 0.6) is 0 Å². The number of carbonyl (C=O) groups excluding carboxylic acids is 1. The van der Waals surface area contributed by atoms with Gasteiger partial charge >= 0.3 is 5.97 Å². The van der Waals surface area contributed by atoms with E-state index in [1.807, 2.05) is 6.92 Å². The van der Waals surface area contributed by atoms with Crippen LogP contribution in [0.2, 0.25) is 0 Å². The zero-order valence-corrected chi connectivity index (χ0v) is 11.0. The van der Waals surface area contributed by atoms with Gasteiger partial charge in [-0.1, -0.05) is 12.5 Å². The van der Waals surface area contributed by atoms with Crippen molar-refractivity contribution >= 4 is 5.97 Å². The van der Waals surface area contributed by atoms with Crippen molar-refractivity contribution in [3.63, 3.8) is 0 Å². The van der Waals surface area contributed by atoms with Gasteiger partial charge in [0.2, 0.25) is 0 Å². The molecule has 0 N–H and O–H groups in total. The molecule has 3 nitrogen and oxygen atoms in total. The quantitative estimate of drug-likeness (QED) is 0.692. The molecule has 1 unspecified atom stereocenters. The van der Waals surface area contributed by atoms with Gasteiger partial charge < -0.3 is 9.64 Å². The Morgan fingerprint density at radius 3 is 2.65 bits per heavy atom. The number of carbonyl (C=O) groups is 1. The van der Waals surface area contributed by atoms with E-state index in [4.69, 9.17) is 4.74 Å². The first-order chi connectivity index (χ1) is 8.18. The van der Waals surface area contributed by atoms with Crippen molar-refractivity contribution in [1.82, 2.24) is 4.90 Å². The number of hydrogen-bond acceptors (Lipinski definition) is 3. The molecule has 0 amide bonds. The Balaban J connectivity index is 2.27. The molecule has 96 valence electrons. The van der Waals surface area contributed by atoms with Crippen LogP contribution in [-0.4, -0.2) is 31.1 Å². The molecule has 1 aliphatic carbocycles. The standard InChI is InChI=1S/C14H23NO2/c1-14(13(16)17-2)9-5-3-4-8-12(14)15-10-6-7-11-15/h8H,3-7,9-11H2,1-2H3. The second kappa shape index (κ2) is 5.11. The predicted octanol–water partition coefficient (Wildman–Crippen LogP) is 2.72. The number of ether oxygens (including phenoxy) is 1. The summed E-state index contributed by atoms with van der Waals surface area (Å²) in [6, 6.07) is 0. The van der Waals surface area contributed by atoms with Gasteiger partial charge in [0.25, 0.3) is 0 Å². The van der Waals surface area contributed by atoms with Crippen LogP contribution in [0.3, 0.4) is 0 Å². The van der Waals surface area contributed by atoms with Gasteiger partial charge in [-0.15, -0.1) is 0 Å². The summed E-state index contributed by atoms with van der Waals surface area (Å²) in [7, 11) is 1.50. The fraction of sp³-hybridized carbons (Fsp3) is 0.786. The Morgan fingerprint density at radius 2 is 2.00 bits per heavy atom. The highest BCUT2D eigenvalue weighted by atomic mass is 16.5. The molecule has 0 bridgehead atoms. The van der Waals surface area contributed by atoms with Crippen molar-refractivity contribution < 1.29 is 9.53 Å². The van der Waals surface area contributed by atoms with E-state index in [1.165, 1.54) is 32.1 Å². The van der Waals surface area contributed by atoms with Crippen molar-refractivity contribution in [3.05, 3.63) is 11.8 Å². The van der Waals surface area contributed by atoms with Gasteiger partial charge in [-0.05, 0) is 39.0 Å². The molecule has 0 aromatic rings. The van der Waals surface area contributed by atoms with Crippen molar-refractivity contribution in [3.8, 4) is 0 Å². The minimum Gasteiger partial charge on any atom is -0.468 e. The molecule has 0 spiro atoms. The molecule has 0 saturated carbocycles. The van der Waals surface area contributed by atoms with Gasteiger partial charge in [-0.3, -0.25) is 4.79 Å². The number of allylic oxidation sites excluding steroid dienone is 1. The first-order valence-corrected chi connectivity index (χ1v) is 6.72. The van der Waals surface area contributed by atoms with Crippen molar-refractivity contribution in [2.75, 3.05) is 20.2 Å². The lowest BCUT2D eigenvalue weighted by molar-refractivity contribution is -0.150. The first kappa shape index (κ1) is 12.5. The third kappa shape index (κ3) is 2.33. The number of hydrogen-bond donors (Lipinski definition) is 0. The maximum absolute atomic E-state index is 12.1. The van der Waals surface area contributed by atoms with Crippen LogP contribution in [0.1, 0.15) is 45.4 Å². The highest BCUT2D eigenvalue weighted by Crippen LogP contribution is 2.40. The summed E-state index contributed by atoms with van der Waals surface area (Å²) in [5, 5.41) is 0. The lowest BCUT2D eigenvalue weighted by Gasteiger charge is -2.35. The third-order valence-electron chi connectivity index (χ3n) is 4.12. The van der Waals surface area contributed by atoms with E-state index in [2.05, 4.69) is 11.0 Å². The molecule has 1 heterocycles. The van der Waals surface area contributed by atoms with Gasteiger partial charge in [0, 0.05) is 18.8 Å². The fourth-order valence-corrected chi connectivity index (χ4v) is 3.08. The number of likely N-dealkylation sites (tertiary alicyclic amines) is 1. The predicted molar refractivity (Wildman–Crippen MR) is 67.5 cm³/mol. The summed E-state index contributed by atoms with van der Waals surface area (Å²) in [6.45, 7) is 4.24. The molecule has 17 heavy (non-hydrogen) atoms. The van der Waals surface area contributed by atoms with E-state index in [-0.39, 0.29) is 5.97 Å². The average molecular weight is 237 g/mol. The molecular weight excluding hydrogens is 214 g/mol. The maximum atomic E-state index is 12.1. The Kier molecular flexibility index (Phi) is 3.75. The van der Waals surface area contributed by atoms with Gasteiger partial charge in [-0.25, -0.2) is 0 Å². The summed E-state index contributed by atoms with van der Waals surface area (Å²) < 4.78 is 5.03. The SMILES string of the molecule is COC(=O)C1(C)CCCCC=C1N1CCCC1. The van der Waals surface area contributed by atoms with Crippen LogP contribution in [0.15, 0.2) is 11.8 Å². The van der Waals surface area contributed by atoms with Crippen molar-refractivity contribution in [1.29, 1.82) is 0 Å². The smallest absolute Gasteiger partial charge is 0.317 e. The Bertz CT molecular complexity index is 318. The largest absolute Gasteiger partial charge is 0.468 e. The molecule has 1 fully saturated rings. The van der Waals surface area contributed by atoms with E-state index >= 15 is 0 Å². The van der Waals surface area contributed by atoms with Crippen LogP contribution < -0.4 is 0 Å². The highest BCUT2D eigenvalue weighted by molar-refractivity contribution is 5.80. The minimum atomic E-state index is -0.421. The summed E-state index contributed by atoms with van der Waals surface area (Å²) in [5.74, 6) is -0.0717. The zero-order chi connectivity index (χ0) is 12.3. The van der Waals surface area contributed by atoms with E-state index in [9.17, 15) is 4.79 Å². The van der Waals surface area contributed by atoms with E-state index < -0.39 is 5.41 Å². The molecule has 0 aromatic heterocycles. The van der Waals surface area contributed by atoms with Gasteiger partial charge in [-0.2, -0.15) is 0 Å². The molecule has 0 aromatic carbocycles. The molecule has 1 saturated heterocycles. The third-order valence-corrected chi connectivity index (χ3v) is 4.12. The average Bonchev–Trinajstić information content (AvgIpc) is 2.78. The Hall–Kier alpha value is -0.990. The van der Waals surface area contributed by atoms with Crippen LogP contribution in [-0.2, 0) is 9.53 Å². The molecule has 2 rings (SSSR count). The Labute approximate surface area is 104 Å². The van der Waals surface area contributed by atoms with Gasteiger partial charge in [0.1, 0.15) is 5.41 Å². The topological polar surface area (TPSA) is 29.5 Å².